The zero-order valence-corrected chi connectivity index (χ0v) is 16.1. The number of imide groups is 1. The van der Waals surface area contributed by atoms with Crippen molar-refractivity contribution in [3.05, 3.63) is 46.4 Å². The molecule has 140 valence electrons. The smallest absolute Gasteiger partial charge is 0.322 e. The van der Waals surface area contributed by atoms with Gasteiger partial charge in [0.05, 0.1) is 11.2 Å². The number of nitrogens with zero attached hydrogens (tertiary/aromatic N) is 2. The summed E-state index contributed by atoms with van der Waals surface area (Å²) in [5, 5.41) is 7.02. The van der Waals surface area contributed by atoms with E-state index in [4.69, 9.17) is 0 Å². The summed E-state index contributed by atoms with van der Waals surface area (Å²) in [4.78, 5) is 43.2. The predicted molar refractivity (Wildman–Crippen MR) is 103 cm³/mol. The number of amides is 4. The van der Waals surface area contributed by atoms with Crippen molar-refractivity contribution in [2.75, 3.05) is 13.1 Å². The lowest BCUT2D eigenvalue weighted by molar-refractivity contribution is -0.125. The highest BCUT2D eigenvalue weighted by Crippen LogP contribution is 2.27. The van der Waals surface area contributed by atoms with Crippen LogP contribution >= 0.6 is 23.1 Å². The van der Waals surface area contributed by atoms with Gasteiger partial charge < -0.3 is 10.2 Å². The van der Waals surface area contributed by atoms with Crippen molar-refractivity contribution < 1.29 is 14.4 Å². The third kappa shape index (κ3) is 3.70. The maximum atomic E-state index is 12.7. The second-order valence-electron chi connectivity index (χ2n) is 6.58. The number of benzene rings is 1. The molecule has 2 fully saturated rings. The fourth-order valence-electron chi connectivity index (χ4n) is 3.31. The van der Waals surface area contributed by atoms with Crippen molar-refractivity contribution in [1.82, 2.24) is 20.5 Å². The number of urea groups is 1. The van der Waals surface area contributed by atoms with Gasteiger partial charge in [-0.05, 0) is 37.1 Å². The molecule has 0 aliphatic carbocycles. The first-order chi connectivity index (χ1) is 13.1. The molecule has 1 spiro atoms. The Hall–Kier alpha value is -2.39. The van der Waals surface area contributed by atoms with Crippen LogP contribution < -0.4 is 10.6 Å². The quantitative estimate of drug-likeness (QED) is 0.605. The van der Waals surface area contributed by atoms with E-state index in [2.05, 4.69) is 15.6 Å². The predicted octanol–water partition coefficient (Wildman–Crippen LogP) is 2.25. The number of carbonyl (C=O) groups excluding carboxylic acids is 3. The number of rotatable bonds is 4. The van der Waals surface area contributed by atoms with Gasteiger partial charge in [0.2, 0.25) is 0 Å². The van der Waals surface area contributed by atoms with Gasteiger partial charge in [-0.1, -0.05) is 0 Å². The van der Waals surface area contributed by atoms with Crippen molar-refractivity contribution >= 4 is 40.9 Å². The van der Waals surface area contributed by atoms with Gasteiger partial charge in [0.15, 0.2) is 0 Å². The first kappa shape index (κ1) is 18.0. The van der Waals surface area contributed by atoms with E-state index in [1.807, 2.05) is 35.2 Å². The van der Waals surface area contributed by atoms with Gasteiger partial charge in [0, 0.05) is 34.7 Å². The number of hydrogen-bond acceptors (Lipinski definition) is 6. The first-order valence-electron chi connectivity index (χ1n) is 8.59. The molecule has 9 heteroatoms. The maximum Gasteiger partial charge on any atom is 0.322 e. The summed E-state index contributed by atoms with van der Waals surface area (Å²) in [5.41, 5.74) is 2.64. The minimum absolute atomic E-state index is 0.0503. The van der Waals surface area contributed by atoms with E-state index in [1.165, 1.54) is 0 Å². The second kappa shape index (κ2) is 7.32. The lowest BCUT2D eigenvalue weighted by atomic mass is 9.87. The summed E-state index contributed by atoms with van der Waals surface area (Å²) in [6.07, 6.45) is 0.857. The Morgan fingerprint density at radius 2 is 1.96 bits per heavy atom. The van der Waals surface area contributed by atoms with Crippen molar-refractivity contribution in [3.8, 4) is 0 Å². The standard InChI is InChI=1S/C18H18N4O3S2/c23-15(22-7-5-18(6-8-22)16(24)20-17(25)21-18)12-1-3-14(4-2-12)27-10-13-9-26-11-19-13/h1-4,9,11H,5-8,10H2,(H2,20,21,24,25). The van der Waals surface area contributed by atoms with Crippen LogP contribution in [0.3, 0.4) is 0 Å². The number of carbonyl (C=O) groups is 3. The highest BCUT2D eigenvalue weighted by atomic mass is 32.2. The molecule has 3 heterocycles. The van der Waals surface area contributed by atoms with E-state index >= 15 is 0 Å². The third-order valence-electron chi connectivity index (χ3n) is 4.89. The van der Waals surface area contributed by atoms with Crippen LogP contribution in [0.25, 0.3) is 0 Å². The van der Waals surface area contributed by atoms with E-state index < -0.39 is 11.6 Å². The number of thiazole rings is 1. The van der Waals surface area contributed by atoms with Gasteiger partial charge in [-0.15, -0.1) is 23.1 Å². The number of hydrogen-bond donors (Lipinski definition) is 2. The molecule has 2 N–H and O–H groups in total. The summed E-state index contributed by atoms with van der Waals surface area (Å²) < 4.78 is 0. The van der Waals surface area contributed by atoms with Crippen LogP contribution in [0.5, 0.6) is 0 Å². The average Bonchev–Trinajstić information content (AvgIpc) is 3.29. The van der Waals surface area contributed by atoms with E-state index in [1.54, 1.807) is 28.0 Å². The van der Waals surface area contributed by atoms with Gasteiger partial charge in [0.1, 0.15) is 5.54 Å². The summed E-state index contributed by atoms with van der Waals surface area (Å²) in [6, 6.07) is 7.10. The lowest BCUT2D eigenvalue weighted by Gasteiger charge is -2.37. The van der Waals surface area contributed by atoms with Crippen LogP contribution in [0.1, 0.15) is 28.9 Å². The molecule has 0 atom stereocenters. The largest absolute Gasteiger partial charge is 0.338 e. The van der Waals surface area contributed by atoms with Crippen molar-refractivity contribution in [2.45, 2.75) is 29.0 Å². The topological polar surface area (TPSA) is 91.4 Å². The van der Waals surface area contributed by atoms with Gasteiger partial charge in [-0.25, -0.2) is 9.78 Å². The molecule has 27 heavy (non-hydrogen) atoms. The number of piperidine rings is 1. The van der Waals surface area contributed by atoms with Gasteiger partial charge in [0.25, 0.3) is 11.8 Å². The molecule has 0 radical (unpaired) electrons. The molecule has 0 bridgehead atoms. The average molecular weight is 403 g/mol. The molecule has 2 aliphatic heterocycles. The monoisotopic (exact) mass is 402 g/mol. The molecule has 1 aromatic carbocycles. The number of aromatic nitrogens is 1. The molecule has 1 aromatic heterocycles. The molecule has 0 saturated carbocycles. The third-order valence-corrected chi connectivity index (χ3v) is 6.57. The molecule has 4 amide bonds. The Balaban J connectivity index is 1.34. The summed E-state index contributed by atoms with van der Waals surface area (Å²) in [5.74, 6) is 0.463. The van der Waals surface area contributed by atoms with E-state index in [-0.39, 0.29) is 11.8 Å². The van der Waals surface area contributed by atoms with Gasteiger partial charge in [-0.3, -0.25) is 14.9 Å². The van der Waals surface area contributed by atoms with Crippen LogP contribution in [-0.2, 0) is 10.5 Å². The van der Waals surface area contributed by atoms with Crippen LogP contribution in [0.15, 0.2) is 40.1 Å². The SMILES string of the molecule is O=C1NC(=O)C2(CCN(C(=O)c3ccc(SCc4cscn4)cc3)CC2)N1. The van der Waals surface area contributed by atoms with Crippen molar-refractivity contribution in [1.29, 1.82) is 0 Å². The molecule has 2 saturated heterocycles. The highest BCUT2D eigenvalue weighted by Gasteiger charge is 2.48. The molecule has 0 unspecified atom stereocenters. The Morgan fingerprint density at radius 3 is 2.56 bits per heavy atom. The Kier molecular flexibility index (Phi) is 4.88. The lowest BCUT2D eigenvalue weighted by Crippen LogP contribution is -2.55. The second-order valence-corrected chi connectivity index (χ2v) is 8.34. The molecular formula is C18H18N4O3S2. The minimum Gasteiger partial charge on any atom is -0.338 e. The molecular weight excluding hydrogens is 384 g/mol. The number of likely N-dealkylation sites (tertiary alicyclic amines) is 1. The van der Waals surface area contributed by atoms with Crippen LogP contribution in [-0.4, -0.2) is 46.4 Å². The fourth-order valence-corrected chi connectivity index (χ4v) is 4.78. The molecule has 2 aromatic rings. The van der Waals surface area contributed by atoms with E-state index in [0.29, 0.717) is 31.5 Å². The normalized spacial score (nSPS) is 18.4. The van der Waals surface area contributed by atoms with Gasteiger partial charge >= 0.3 is 6.03 Å². The van der Waals surface area contributed by atoms with Crippen LogP contribution in [0.4, 0.5) is 4.79 Å². The Bertz CT molecular complexity index is 859. The summed E-state index contributed by atoms with van der Waals surface area (Å²) >= 11 is 3.26. The summed E-state index contributed by atoms with van der Waals surface area (Å²) in [6.45, 7) is 0.875. The van der Waals surface area contributed by atoms with Crippen LogP contribution in [0, 0.1) is 0 Å². The number of thioether (sulfide) groups is 1. The highest BCUT2D eigenvalue weighted by molar-refractivity contribution is 7.98. The van der Waals surface area contributed by atoms with Crippen molar-refractivity contribution in [2.24, 2.45) is 0 Å². The zero-order chi connectivity index (χ0) is 18.9. The van der Waals surface area contributed by atoms with Crippen LogP contribution in [0.2, 0.25) is 0 Å². The zero-order valence-electron chi connectivity index (χ0n) is 14.4. The van der Waals surface area contributed by atoms with E-state index in [9.17, 15) is 14.4 Å². The van der Waals surface area contributed by atoms with Gasteiger partial charge in [-0.2, -0.15) is 0 Å². The molecule has 7 nitrogen and oxygen atoms in total. The molecule has 4 rings (SSSR count). The maximum absolute atomic E-state index is 12.7. The van der Waals surface area contributed by atoms with E-state index in [0.717, 1.165) is 16.3 Å². The van der Waals surface area contributed by atoms with Crippen molar-refractivity contribution in [3.63, 3.8) is 0 Å². The first-order valence-corrected chi connectivity index (χ1v) is 10.5. The Morgan fingerprint density at radius 1 is 1.22 bits per heavy atom. The summed E-state index contributed by atoms with van der Waals surface area (Å²) in [7, 11) is 0. The molecule has 2 aliphatic rings. The number of nitrogens with one attached hydrogen (secondary N) is 2. The fraction of sp³-hybridized carbons (Fsp3) is 0.333. The Labute approximate surface area is 164 Å². The minimum atomic E-state index is -0.857.